The van der Waals surface area contributed by atoms with Crippen LogP contribution in [-0.2, 0) is 28.8 Å². The third-order valence-electron chi connectivity index (χ3n) is 10.9. The number of rotatable bonds is 13. The fourth-order valence-electron chi connectivity index (χ4n) is 7.81. The first kappa shape index (κ1) is 38.0. The van der Waals surface area contributed by atoms with E-state index in [0.717, 1.165) is 40.8 Å². The molecule has 284 valence electrons. The number of amides is 4. The number of Topliss-reactive ketones (excluding diaryl/α,β-unsaturated/α-hetero) is 1. The quantitative estimate of drug-likeness (QED) is 0.261. The maximum atomic E-state index is 14.8. The summed E-state index contributed by atoms with van der Waals surface area (Å²) in [7, 11) is 1.63. The van der Waals surface area contributed by atoms with Gasteiger partial charge >= 0.3 is 0 Å². The van der Waals surface area contributed by atoms with Crippen molar-refractivity contribution in [2.45, 2.75) is 122 Å². The molecule has 2 aromatic carbocycles. The lowest BCUT2D eigenvalue weighted by atomic mass is 9.85. The second-order valence-corrected chi connectivity index (χ2v) is 16.4. The molecular weight excluding hydrogens is 674 g/mol. The van der Waals surface area contributed by atoms with Gasteiger partial charge in [0.2, 0.25) is 23.5 Å². The number of hydrogen-bond donors (Lipinski definition) is 3. The van der Waals surface area contributed by atoms with Crippen LogP contribution in [0.1, 0.15) is 101 Å². The Morgan fingerprint density at radius 2 is 1.70 bits per heavy atom. The van der Waals surface area contributed by atoms with Crippen LogP contribution in [0.15, 0.2) is 47.6 Å². The molecular formula is C41H53N5O7. The first-order valence-electron chi connectivity index (χ1n) is 18.9. The molecule has 4 aliphatic rings. The van der Waals surface area contributed by atoms with Crippen LogP contribution in [0.25, 0.3) is 0 Å². The standard InChI is InChI=1S/C41H53N5O7/c1-8-12-30(33(47)38(50)42-27-15-16-27)43-37(49)32-21-41(20-31(45-53-41)26-17-23(2)34(52-7)24(3)18-26)22-46(32)39(51)35(40(4,5)6)44-36(48)29-19-28(29)25-13-10-9-11-14-25/h9-11,13-14,17-18,27-30,32,35H,8,12,15-16,19-22H2,1-7H3,(H,42,50)(H,43,49)(H,44,48)/t28?,29-,30+,32+,35-,41-/m1/s1. The van der Waals surface area contributed by atoms with E-state index in [9.17, 15) is 24.0 Å². The summed E-state index contributed by atoms with van der Waals surface area (Å²) in [6.07, 6.45) is 3.59. The number of likely N-dealkylation sites (tertiary alicyclic amines) is 1. The normalized spacial score (nSPS) is 24.5. The molecule has 12 nitrogen and oxygen atoms in total. The highest BCUT2D eigenvalue weighted by atomic mass is 16.7. The van der Waals surface area contributed by atoms with Crippen LogP contribution in [0.2, 0.25) is 0 Å². The Kier molecular flexibility index (Phi) is 10.7. The van der Waals surface area contributed by atoms with Crippen molar-refractivity contribution < 1.29 is 33.5 Å². The van der Waals surface area contributed by atoms with E-state index in [2.05, 4.69) is 21.1 Å². The fraction of sp³-hybridized carbons (Fsp3) is 0.561. The van der Waals surface area contributed by atoms with Crippen molar-refractivity contribution >= 4 is 35.1 Å². The SMILES string of the molecule is CCC[C@H](NC(=O)[C@@H]1C[C@]2(CC(c3cc(C)c(OC)c(C)c3)=NO2)CN1C(=O)[C@@H](NC(=O)[C@@H]1CC1c1ccccc1)C(C)(C)C)C(=O)C(=O)NC1CC1. The summed E-state index contributed by atoms with van der Waals surface area (Å²) < 4.78 is 5.56. The summed E-state index contributed by atoms with van der Waals surface area (Å²) in [5, 5.41) is 13.1. The van der Waals surface area contributed by atoms with Crippen LogP contribution in [0.3, 0.4) is 0 Å². The van der Waals surface area contributed by atoms with Crippen molar-refractivity contribution in [1.29, 1.82) is 0 Å². The van der Waals surface area contributed by atoms with E-state index in [1.807, 2.05) is 84.0 Å². The van der Waals surface area contributed by atoms with Crippen LogP contribution in [0.5, 0.6) is 5.75 Å². The molecule has 2 heterocycles. The van der Waals surface area contributed by atoms with E-state index in [1.165, 1.54) is 4.90 Å². The summed E-state index contributed by atoms with van der Waals surface area (Å²) in [4.78, 5) is 76.4. The highest BCUT2D eigenvalue weighted by molar-refractivity contribution is 6.38. The van der Waals surface area contributed by atoms with Gasteiger partial charge in [-0.1, -0.05) is 69.6 Å². The van der Waals surface area contributed by atoms with E-state index < -0.39 is 52.6 Å². The minimum atomic E-state index is -1.05. The Bertz CT molecular complexity index is 1780. The van der Waals surface area contributed by atoms with E-state index in [0.29, 0.717) is 25.0 Å². The monoisotopic (exact) mass is 727 g/mol. The smallest absolute Gasteiger partial charge is 0.289 e. The molecule has 3 N–H and O–H groups in total. The Morgan fingerprint density at radius 3 is 2.30 bits per heavy atom. The van der Waals surface area contributed by atoms with Crippen molar-refractivity contribution in [3.05, 3.63) is 64.7 Å². The predicted octanol–water partition coefficient (Wildman–Crippen LogP) is 4.24. The lowest BCUT2D eigenvalue weighted by Crippen LogP contribution is -2.59. The number of carbonyl (C=O) groups excluding carboxylic acids is 5. The molecule has 2 aliphatic carbocycles. The van der Waals surface area contributed by atoms with Gasteiger partial charge in [-0.3, -0.25) is 24.0 Å². The number of oxime groups is 1. The fourth-order valence-corrected chi connectivity index (χ4v) is 7.81. The number of nitrogens with zero attached hydrogens (tertiary/aromatic N) is 2. The van der Waals surface area contributed by atoms with Gasteiger partial charge in [0, 0.05) is 30.4 Å². The van der Waals surface area contributed by atoms with Gasteiger partial charge in [0.25, 0.3) is 5.91 Å². The van der Waals surface area contributed by atoms with Gasteiger partial charge in [0.1, 0.15) is 17.8 Å². The Hall–Kier alpha value is -4.74. The number of methoxy groups -OCH3 is 1. The molecule has 0 bridgehead atoms. The molecule has 0 aromatic heterocycles. The Labute approximate surface area is 311 Å². The van der Waals surface area contributed by atoms with Crippen molar-refractivity contribution in [3.8, 4) is 5.75 Å². The van der Waals surface area contributed by atoms with Gasteiger partial charge in [-0.2, -0.15) is 0 Å². The van der Waals surface area contributed by atoms with Crippen LogP contribution >= 0.6 is 0 Å². The number of ether oxygens (including phenoxy) is 1. The summed E-state index contributed by atoms with van der Waals surface area (Å²) >= 11 is 0. The van der Waals surface area contributed by atoms with Crippen molar-refractivity contribution in [2.24, 2.45) is 16.5 Å². The molecule has 6 atom stereocenters. The van der Waals surface area contributed by atoms with Crippen LogP contribution in [0, 0.1) is 25.2 Å². The third kappa shape index (κ3) is 8.26. The highest BCUT2D eigenvalue weighted by Gasteiger charge is 2.56. The van der Waals surface area contributed by atoms with Gasteiger partial charge < -0.3 is 30.4 Å². The van der Waals surface area contributed by atoms with Crippen molar-refractivity contribution in [2.75, 3.05) is 13.7 Å². The zero-order valence-electron chi connectivity index (χ0n) is 31.9. The molecule has 1 unspecified atom stereocenters. The first-order valence-corrected chi connectivity index (χ1v) is 18.9. The Balaban J connectivity index is 1.25. The second-order valence-electron chi connectivity index (χ2n) is 16.4. The molecule has 53 heavy (non-hydrogen) atoms. The number of carbonyl (C=O) groups is 5. The summed E-state index contributed by atoms with van der Waals surface area (Å²) in [5.74, 6) is -1.99. The minimum Gasteiger partial charge on any atom is -0.496 e. The molecule has 2 aliphatic heterocycles. The zero-order valence-corrected chi connectivity index (χ0v) is 31.9. The van der Waals surface area contributed by atoms with E-state index >= 15 is 0 Å². The number of aryl methyl sites for hydroxylation is 2. The van der Waals surface area contributed by atoms with Crippen molar-refractivity contribution in [1.82, 2.24) is 20.9 Å². The lowest BCUT2D eigenvalue weighted by molar-refractivity contribution is -0.145. The minimum absolute atomic E-state index is 0.0117. The van der Waals surface area contributed by atoms with Crippen LogP contribution in [0.4, 0.5) is 0 Å². The number of nitrogens with one attached hydrogen (secondary N) is 3. The molecule has 12 heteroatoms. The van der Waals surface area contributed by atoms with Gasteiger partial charge in [-0.25, -0.2) is 0 Å². The molecule has 1 spiro atoms. The molecule has 2 saturated carbocycles. The number of benzene rings is 2. The third-order valence-corrected chi connectivity index (χ3v) is 10.9. The van der Waals surface area contributed by atoms with Crippen LogP contribution < -0.4 is 20.7 Å². The van der Waals surface area contributed by atoms with Crippen LogP contribution in [-0.4, -0.2) is 83.4 Å². The molecule has 2 aromatic rings. The summed E-state index contributed by atoms with van der Waals surface area (Å²) in [6, 6.07) is 10.8. The summed E-state index contributed by atoms with van der Waals surface area (Å²) in [5.41, 5.74) is 2.78. The van der Waals surface area contributed by atoms with E-state index in [1.54, 1.807) is 7.11 Å². The maximum Gasteiger partial charge on any atom is 0.289 e. The maximum absolute atomic E-state index is 14.8. The van der Waals surface area contributed by atoms with E-state index in [4.69, 9.17) is 9.57 Å². The molecule has 3 fully saturated rings. The van der Waals surface area contributed by atoms with Gasteiger partial charge in [-0.05, 0) is 79.7 Å². The van der Waals surface area contributed by atoms with E-state index in [-0.39, 0.29) is 43.2 Å². The number of ketones is 1. The number of hydrogen-bond acceptors (Lipinski definition) is 8. The van der Waals surface area contributed by atoms with Crippen molar-refractivity contribution in [3.63, 3.8) is 0 Å². The van der Waals surface area contributed by atoms with Gasteiger partial charge in [-0.15, -0.1) is 0 Å². The topological polar surface area (TPSA) is 156 Å². The molecule has 0 radical (unpaired) electrons. The first-order chi connectivity index (χ1) is 25.1. The second kappa shape index (κ2) is 14.9. The average molecular weight is 728 g/mol. The molecule has 4 amide bonds. The van der Waals surface area contributed by atoms with Gasteiger partial charge in [0.05, 0.1) is 25.4 Å². The summed E-state index contributed by atoms with van der Waals surface area (Å²) in [6.45, 7) is 11.5. The highest BCUT2D eigenvalue weighted by Crippen LogP contribution is 2.48. The van der Waals surface area contributed by atoms with Gasteiger partial charge in [0.15, 0.2) is 5.60 Å². The lowest BCUT2D eigenvalue weighted by Gasteiger charge is -2.35. The Morgan fingerprint density at radius 1 is 1.02 bits per heavy atom. The molecule has 6 rings (SSSR count). The largest absolute Gasteiger partial charge is 0.496 e. The predicted molar refractivity (Wildman–Crippen MR) is 199 cm³/mol. The molecule has 1 saturated heterocycles. The average Bonchev–Trinajstić information content (AvgIpc) is 4.04. The zero-order chi connectivity index (χ0) is 38.2.